The number of nitrogens with one attached hydrogen (secondary N) is 1. The van der Waals surface area contributed by atoms with Gasteiger partial charge >= 0.3 is 0 Å². The van der Waals surface area contributed by atoms with E-state index in [2.05, 4.69) is 31.1 Å². The molecular weight excluding hydrogens is 238 g/mol. The number of hydrogen-bond donors (Lipinski definition) is 2. The Bertz CT molecular complexity index is 404. The number of carbonyl (C=O) groups excluding carboxylic acids is 1. The minimum atomic E-state index is 0.0325. The predicted molar refractivity (Wildman–Crippen MR) is 80.0 cm³/mol. The molecule has 0 saturated heterocycles. The molecule has 0 aliphatic carbocycles. The summed E-state index contributed by atoms with van der Waals surface area (Å²) in [5.41, 5.74) is 7.38. The van der Waals surface area contributed by atoms with E-state index in [-0.39, 0.29) is 5.91 Å². The van der Waals surface area contributed by atoms with Gasteiger partial charge in [-0.3, -0.25) is 4.79 Å². The van der Waals surface area contributed by atoms with Crippen LogP contribution in [0.25, 0.3) is 0 Å². The Morgan fingerprint density at radius 2 is 2.05 bits per heavy atom. The highest BCUT2D eigenvalue weighted by Gasteiger charge is 2.06. The summed E-state index contributed by atoms with van der Waals surface area (Å²) >= 11 is 0. The van der Waals surface area contributed by atoms with Crippen molar-refractivity contribution in [3.63, 3.8) is 0 Å². The van der Waals surface area contributed by atoms with Crippen molar-refractivity contribution in [2.75, 3.05) is 25.9 Å². The fourth-order valence-electron chi connectivity index (χ4n) is 1.75. The molecule has 1 aromatic carbocycles. The molecule has 19 heavy (non-hydrogen) atoms. The number of anilines is 1. The fraction of sp³-hybridized carbons (Fsp3) is 0.533. The zero-order chi connectivity index (χ0) is 14.3. The molecule has 0 atom stereocenters. The van der Waals surface area contributed by atoms with Gasteiger partial charge in [0.05, 0.1) is 6.42 Å². The van der Waals surface area contributed by atoms with Crippen LogP contribution in [0.2, 0.25) is 0 Å². The highest BCUT2D eigenvalue weighted by atomic mass is 16.1. The summed E-state index contributed by atoms with van der Waals surface area (Å²) in [5.74, 6) is 0.0325. The summed E-state index contributed by atoms with van der Waals surface area (Å²) in [6.07, 6.45) is 1.32. The summed E-state index contributed by atoms with van der Waals surface area (Å²) in [7, 11) is 2.09. The Morgan fingerprint density at radius 1 is 1.37 bits per heavy atom. The molecule has 4 heteroatoms. The van der Waals surface area contributed by atoms with E-state index in [9.17, 15) is 4.79 Å². The fourth-order valence-corrected chi connectivity index (χ4v) is 1.75. The number of nitrogens with zero attached hydrogens (tertiary/aromatic N) is 1. The summed E-state index contributed by atoms with van der Waals surface area (Å²) in [6.45, 7) is 6.03. The molecular formula is C15H25N3O. The van der Waals surface area contributed by atoms with Crippen LogP contribution in [-0.2, 0) is 11.2 Å². The molecule has 1 rings (SSSR count). The molecule has 1 aromatic rings. The average molecular weight is 263 g/mol. The van der Waals surface area contributed by atoms with Gasteiger partial charge in [-0.2, -0.15) is 0 Å². The van der Waals surface area contributed by atoms with Crippen LogP contribution >= 0.6 is 0 Å². The molecule has 0 aromatic heterocycles. The molecule has 0 unspecified atom stereocenters. The predicted octanol–water partition coefficient (Wildman–Crippen LogP) is 1.66. The van der Waals surface area contributed by atoms with Crippen LogP contribution < -0.4 is 11.1 Å². The highest BCUT2D eigenvalue weighted by molar-refractivity contribution is 5.80. The third-order valence-electron chi connectivity index (χ3n) is 3.30. The summed E-state index contributed by atoms with van der Waals surface area (Å²) in [6, 6.07) is 8.02. The number of para-hydroxylation sites is 1. The van der Waals surface area contributed by atoms with Crippen molar-refractivity contribution < 1.29 is 4.79 Å². The highest BCUT2D eigenvalue weighted by Crippen LogP contribution is 2.10. The minimum Gasteiger partial charge on any atom is -0.398 e. The number of nitrogen functional groups attached to an aromatic ring is 1. The number of benzene rings is 1. The number of rotatable bonds is 7. The topological polar surface area (TPSA) is 58.4 Å². The van der Waals surface area contributed by atoms with Crippen molar-refractivity contribution >= 4 is 11.6 Å². The van der Waals surface area contributed by atoms with Crippen LogP contribution in [0.5, 0.6) is 0 Å². The lowest BCUT2D eigenvalue weighted by Crippen LogP contribution is -2.32. The first-order valence-electron chi connectivity index (χ1n) is 6.81. The smallest absolute Gasteiger partial charge is 0.224 e. The molecule has 3 N–H and O–H groups in total. The van der Waals surface area contributed by atoms with Gasteiger partial charge in [0.2, 0.25) is 5.91 Å². The summed E-state index contributed by atoms with van der Waals surface area (Å²) in [5, 5.41) is 2.93. The van der Waals surface area contributed by atoms with Gasteiger partial charge < -0.3 is 16.0 Å². The van der Waals surface area contributed by atoms with E-state index in [1.165, 1.54) is 0 Å². The lowest BCUT2D eigenvalue weighted by atomic mass is 10.1. The van der Waals surface area contributed by atoms with Gasteiger partial charge in [-0.05, 0) is 45.5 Å². The molecule has 0 radical (unpaired) electrons. The molecule has 0 aliphatic rings. The number of amides is 1. The average Bonchev–Trinajstić information content (AvgIpc) is 2.37. The minimum absolute atomic E-state index is 0.0325. The normalized spacial score (nSPS) is 11.0. The van der Waals surface area contributed by atoms with E-state index < -0.39 is 0 Å². The van der Waals surface area contributed by atoms with E-state index in [1.54, 1.807) is 0 Å². The van der Waals surface area contributed by atoms with Gasteiger partial charge in [-0.1, -0.05) is 18.2 Å². The lowest BCUT2D eigenvalue weighted by molar-refractivity contribution is -0.120. The summed E-state index contributed by atoms with van der Waals surface area (Å²) in [4.78, 5) is 14.0. The molecule has 0 spiro atoms. The van der Waals surface area contributed by atoms with E-state index in [1.807, 2.05) is 24.3 Å². The van der Waals surface area contributed by atoms with Crippen LogP contribution in [0, 0.1) is 0 Å². The van der Waals surface area contributed by atoms with Gasteiger partial charge in [-0.15, -0.1) is 0 Å². The molecule has 0 aliphatic heterocycles. The van der Waals surface area contributed by atoms with E-state index in [0.29, 0.717) is 24.7 Å². The first kappa shape index (κ1) is 15.5. The Balaban J connectivity index is 2.24. The van der Waals surface area contributed by atoms with Gasteiger partial charge in [-0.25, -0.2) is 0 Å². The monoisotopic (exact) mass is 263 g/mol. The van der Waals surface area contributed by atoms with E-state index in [4.69, 9.17) is 5.73 Å². The molecule has 106 valence electrons. The Labute approximate surface area is 116 Å². The largest absolute Gasteiger partial charge is 0.398 e. The maximum absolute atomic E-state index is 11.8. The third kappa shape index (κ3) is 5.75. The van der Waals surface area contributed by atoms with Gasteiger partial charge in [0.25, 0.3) is 0 Å². The standard InChI is InChI=1S/C15H25N3O/c1-12(2)18(3)10-6-9-17-15(19)11-13-7-4-5-8-14(13)16/h4-5,7-8,12H,6,9-11,16H2,1-3H3,(H,17,19). The van der Waals surface area contributed by atoms with Crippen molar-refractivity contribution in [1.29, 1.82) is 0 Å². The second kappa shape index (κ2) is 7.79. The van der Waals surface area contributed by atoms with Gasteiger partial charge in [0, 0.05) is 18.3 Å². The zero-order valence-electron chi connectivity index (χ0n) is 12.1. The molecule has 0 heterocycles. The van der Waals surface area contributed by atoms with Crippen molar-refractivity contribution in [2.45, 2.75) is 32.7 Å². The molecule has 4 nitrogen and oxygen atoms in total. The zero-order valence-corrected chi connectivity index (χ0v) is 12.1. The first-order valence-corrected chi connectivity index (χ1v) is 6.81. The van der Waals surface area contributed by atoms with Crippen molar-refractivity contribution in [2.24, 2.45) is 0 Å². The van der Waals surface area contributed by atoms with Crippen LogP contribution in [0.4, 0.5) is 5.69 Å². The molecule has 0 fully saturated rings. The van der Waals surface area contributed by atoms with Crippen LogP contribution in [0.1, 0.15) is 25.8 Å². The third-order valence-corrected chi connectivity index (χ3v) is 3.30. The Kier molecular flexibility index (Phi) is 6.36. The Morgan fingerprint density at radius 3 is 2.68 bits per heavy atom. The quantitative estimate of drug-likeness (QED) is 0.581. The van der Waals surface area contributed by atoms with Crippen LogP contribution in [-0.4, -0.2) is 37.0 Å². The van der Waals surface area contributed by atoms with Crippen molar-refractivity contribution in [3.05, 3.63) is 29.8 Å². The number of carbonyl (C=O) groups is 1. The molecule has 1 amide bonds. The maximum Gasteiger partial charge on any atom is 0.224 e. The van der Waals surface area contributed by atoms with Crippen LogP contribution in [0.15, 0.2) is 24.3 Å². The molecule has 0 saturated carbocycles. The Hall–Kier alpha value is -1.55. The van der Waals surface area contributed by atoms with E-state index >= 15 is 0 Å². The number of nitrogens with two attached hydrogens (primary N) is 1. The van der Waals surface area contributed by atoms with E-state index in [0.717, 1.165) is 18.5 Å². The second-order valence-electron chi connectivity index (χ2n) is 5.15. The summed E-state index contributed by atoms with van der Waals surface area (Å²) < 4.78 is 0. The van der Waals surface area contributed by atoms with Gasteiger partial charge in [0.15, 0.2) is 0 Å². The maximum atomic E-state index is 11.8. The lowest BCUT2D eigenvalue weighted by Gasteiger charge is -2.20. The second-order valence-corrected chi connectivity index (χ2v) is 5.15. The van der Waals surface area contributed by atoms with Crippen LogP contribution in [0.3, 0.4) is 0 Å². The number of hydrogen-bond acceptors (Lipinski definition) is 3. The first-order chi connectivity index (χ1) is 9.00. The van der Waals surface area contributed by atoms with Crippen molar-refractivity contribution in [1.82, 2.24) is 10.2 Å². The molecule has 0 bridgehead atoms. The van der Waals surface area contributed by atoms with Gasteiger partial charge in [0.1, 0.15) is 0 Å². The SMILES string of the molecule is CC(C)N(C)CCCNC(=O)Cc1ccccc1N. The van der Waals surface area contributed by atoms with Crippen molar-refractivity contribution in [3.8, 4) is 0 Å².